The summed E-state index contributed by atoms with van der Waals surface area (Å²) in [5, 5.41) is 9.17. The first-order chi connectivity index (χ1) is 11.2. The average molecular weight is 311 g/mol. The lowest BCUT2D eigenvalue weighted by Gasteiger charge is -2.17. The van der Waals surface area contributed by atoms with Crippen molar-refractivity contribution < 1.29 is 4.79 Å². The Morgan fingerprint density at radius 3 is 2.96 bits per heavy atom. The van der Waals surface area contributed by atoms with Crippen molar-refractivity contribution in [2.75, 3.05) is 0 Å². The topological polar surface area (TPSA) is 92.1 Å². The zero-order valence-corrected chi connectivity index (χ0v) is 12.7. The number of H-pyrrole nitrogens is 1. The lowest BCUT2D eigenvalue weighted by atomic mass is 10.1. The molecule has 118 valence electrons. The van der Waals surface area contributed by atoms with Crippen molar-refractivity contribution in [3.8, 4) is 0 Å². The first-order valence-electron chi connectivity index (χ1n) is 7.47. The zero-order valence-electron chi connectivity index (χ0n) is 12.7. The Morgan fingerprint density at radius 1 is 1.35 bits per heavy atom. The molecule has 0 saturated heterocycles. The summed E-state index contributed by atoms with van der Waals surface area (Å²) in [5.41, 5.74) is 1.33. The molecule has 0 bridgehead atoms. The van der Waals surface area contributed by atoms with Gasteiger partial charge in [0, 0.05) is 12.4 Å². The number of hydrogen-bond acceptors (Lipinski definition) is 4. The molecule has 7 heteroatoms. The number of amides is 1. The molecular formula is C16H17N5O2. The van der Waals surface area contributed by atoms with Crippen molar-refractivity contribution in [2.24, 2.45) is 0 Å². The van der Waals surface area contributed by atoms with Crippen LogP contribution < -0.4 is 11.0 Å². The Morgan fingerprint density at radius 2 is 2.22 bits per heavy atom. The third-order valence-corrected chi connectivity index (χ3v) is 3.60. The molecule has 7 nitrogen and oxygen atoms in total. The maximum Gasteiger partial charge on any atom is 0.347 e. The van der Waals surface area contributed by atoms with Crippen molar-refractivity contribution in [3.05, 3.63) is 64.5 Å². The molecule has 0 aliphatic carbocycles. The molecule has 0 aliphatic heterocycles. The van der Waals surface area contributed by atoms with Gasteiger partial charge in [-0.3, -0.25) is 9.78 Å². The fourth-order valence-corrected chi connectivity index (χ4v) is 2.45. The number of aromatic nitrogens is 4. The smallest absolute Gasteiger partial charge is 0.344 e. The van der Waals surface area contributed by atoms with Crippen LogP contribution in [0.2, 0.25) is 0 Å². The van der Waals surface area contributed by atoms with Gasteiger partial charge in [-0.15, -0.1) is 0 Å². The summed E-state index contributed by atoms with van der Waals surface area (Å²) in [6, 6.07) is 8.74. The minimum absolute atomic E-state index is 0.162. The number of nitrogens with zero attached hydrogens (tertiary/aromatic N) is 3. The summed E-state index contributed by atoms with van der Waals surface area (Å²) in [4.78, 5) is 28.4. The van der Waals surface area contributed by atoms with Gasteiger partial charge in [0.05, 0.1) is 17.3 Å². The third-order valence-electron chi connectivity index (χ3n) is 3.60. The second kappa shape index (κ2) is 6.43. The monoisotopic (exact) mass is 311 g/mol. The van der Waals surface area contributed by atoms with Crippen molar-refractivity contribution in [1.29, 1.82) is 0 Å². The molecule has 0 spiro atoms. The molecule has 0 aromatic carbocycles. The summed E-state index contributed by atoms with van der Waals surface area (Å²) in [7, 11) is 0. The minimum Gasteiger partial charge on any atom is -0.344 e. The van der Waals surface area contributed by atoms with Gasteiger partial charge in [-0.25, -0.2) is 14.3 Å². The number of aromatic amines is 1. The number of carbonyl (C=O) groups is 1. The van der Waals surface area contributed by atoms with Gasteiger partial charge in [-0.2, -0.15) is 5.10 Å². The van der Waals surface area contributed by atoms with Crippen LogP contribution in [-0.2, 0) is 0 Å². The molecule has 3 heterocycles. The Hall–Kier alpha value is -2.96. The fourth-order valence-electron chi connectivity index (χ4n) is 2.45. The summed E-state index contributed by atoms with van der Waals surface area (Å²) >= 11 is 0. The molecule has 0 radical (unpaired) electrons. The SMILES string of the molecule is CCCC(NC(=O)c1ccc2n[nH]c(=O)n2c1)c1ccccn1. The number of carbonyl (C=O) groups excluding carboxylic acids is 1. The first kappa shape index (κ1) is 15.0. The lowest BCUT2D eigenvalue weighted by Crippen LogP contribution is -2.29. The molecule has 2 N–H and O–H groups in total. The first-order valence-corrected chi connectivity index (χ1v) is 7.47. The fraction of sp³-hybridized carbons (Fsp3) is 0.250. The minimum atomic E-state index is -0.371. The van der Waals surface area contributed by atoms with Crippen LogP contribution in [0.1, 0.15) is 41.9 Å². The van der Waals surface area contributed by atoms with Crippen LogP contribution in [0.15, 0.2) is 47.5 Å². The van der Waals surface area contributed by atoms with Gasteiger partial charge in [0.2, 0.25) is 0 Å². The Balaban J connectivity index is 1.85. The molecule has 3 aromatic heterocycles. The number of pyridine rings is 2. The van der Waals surface area contributed by atoms with E-state index in [1.165, 1.54) is 10.6 Å². The van der Waals surface area contributed by atoms with E-state index in [1.807, 2.05) is 18.2 Å². The zero-order chi connectivity index (χ0) is 16.2. The molecule has 1 amide bonds. The molecule has 0 fully saturated rings. The summed E-state index contributed by atoms with van der Waals surface area (Å²) in [6.07, 6.45) is 4.90. The van der Waals surface area contributed by atoms with Gasteiger partial charge in [-0.05, 0) is 30.7 Å². The molecule has 0 saturated carbocycles. The van der Waals surface area contributed by atoms with Crippen LogP contribution in [-0.4, -0.2) is 25.5 Å². The molecular weight excluding hydrogens is 294 g/mol. The van der Waals surface area contributed by atoms with Crippen molar-refractivity contribution >= 4 is 11.6 Å². The number of fused-ring (bicyclic) bond motifs is 1. The maximum absolute atomic E-state index is 12.5. The van der Waals surface area contributed by atoms with Crippen LogP contribution in [0.25, 0.3) is 5.65 Å². The Kier molecular flexibility index (Phi) is 4.18. The van der Waals surface area contributed by atoms with Crippen molar-refractivity contribution in [2.45, 2.75) is 25.8 Å². The van der Waals surface area contributed by atoms with Crippen LogP contribution in [0.3, 0.4) is 0 Å². The van der Waals surface area contributed by atoms with Gasteiger partial charge >= 0.3 is 5.69 Å². The normalized spacial score (nSPS) is 12.2. The van der Waals surface area contributed by atoms with Crippen LogP contribution in [0, 0.1) is 0 Å². The lowest BCUT2D eigenvalue weighted by molar-refractivity contribution is 0.0933. The maximum atomic E-state index is 12.5. The highest BCUT2D eigenvalue weighted by Crippen LogP contribution is 2.16. The van der Waals surface area contributed by atoms with E-state index in [0.717, 1.165) is 18.5 Å². The van der Waals surface area contributed by atoms with E-state index in [0.29, 0.717) is 11.2 Å². The van der Waals surface area contributed by atoms with Crippen LogP contribution in [0.5, 0.6) is 0 Å². The van der Waals surface area contributed by atoms with Crippen LogP contribution in [0.4, 0.5) is 0 Å². The standard InChI is InChI=1S/C16H17N5O2/c1-2-5-13(12-6-3-4-9-17-12)18-15(22)11-7-8-14-19-20-16(23)21(14)10-11/h3-4,6-10,13H,2,5H2,1H3,(H,18,22)(H,20,23). The quantitative estimate of drug-likeness (QED) is 0.750. The predicted molar refractivity (Wildman–Crippen MR) is 85.2 cm³/mol. The van der Waals surface area contributed by atoms with Gasteiger partial charge < -0.3 is 5.32 Å². The van der Waals surface area contributed by atoms with Gasteiger partial charge in [-0.1, -0.05) is 19.4 Å². The van der Waals surface area contributed by atoms with Crippen molar-refractivity contribution in [3.63, 3.8) is 0 Å². The highest BCUT2D eigenvalue weighted by molar-refractivity contribution is 5.94. The van der Waals surface area contributed by atoms with Gasteiger partial charge in [0.15, 0.2) is 5.65 Å². The van der Waals surface area contributed by atoms with E-state index in [1.54, 1.807) is 18.3 Å². The van der Waals surface area contributed by atoms with Crippen molar-refractivity contribution in [1.82, 2.24) is 24.9 Å². The molecule has 23 heavy (non-hydrogen) atoms. The Labute approximate surface area is 132 Å². The molecule has 1 atom stereocenters. The van der Waals surface area contributed by atoms with Gasteiger partial charge in [0.1, 0.15) is 0 Å². The summed E-state index contributed by atoms with van der Waals surface area (Å²) in [6.45, 7) is 2.05. The summed E-state index contributed by atoms with van der Waals surface area (Å²) in [5.74, 6) is -0.246. The van der Waals surface area contributed by atoms with E-state index in [9.17, 15) is 9.59 Å². The highest BCUT2D eigenvalue weighted by Gasteiger charge is 2.16. The van der Waals surface area contributed by atoms with E-state index >= 15 is 0 Å². The van der Waals surface area contributed by atoms with E-state index < -0.39 is 0 Å². The number of nitrogens with one attached hydrogen (secondary N) is 2. The predicted octanol–water partition coefficient (Wildman–Crippen LogP) is 1.69. The van der Waals surface area contributed by atoms with E-state index in [4.69, 9.17) is 0 Å². The second-order valence-electron chi connectivity index (χ2n) is 5.24. The average Bonchev–Trinajstić information content (AvgIpc) is 2.96. The van der Waals surface area contributed by atoms with Crippen LogP contribution >= 0.6 is 0 Å². The number of hydrogen-bond donors (Lipinski definition) is 2. The van der Waals surface area contributed by atoms with E-state index in [2.05, 4.69) is 27.4 Å². The molecule has 1 unspecified atom stereocenters. The van der Waals surface area contributed by atoms with Gasteiger partial charge in [0.25, 0.3) is 5.91 Å². The largest absolute Gasteiger partial charge is 0.347 e. The third kappa shape index (κ3) is 3.13. The molecule has 3 rings (SSSR count). The Bertz CT molecular complexity index is 869. The molecule has 3 aromatic rings. The molecule has 0 aliphatic rings. The summed E-state index contributed by atoms with van der Waals surface area (Å²) < 4.78 is 1.31. The number of rotatable bonds is 5. The van der Waals surface area contributed by atoms with E-state index in [-0.39, 0.29) is 17.6 Å². The highest BCUT2D eigenvalue weighted by atomic mass is 16.2. The second-order valence-corrected chi connectivity index (χ2v) is 5.24.